The Kier molecular flexibility index (Phi) is 5.36. The van der Waals surface area contributed by atoms with Gasteiger partial charge in [0.25, 0.3) is 5.91 Å². The molecule has 4 rings (SSSR count). The first-order valence-electron chi connectivity index (χ1n) is 9.29. The second kappa shape index (κ2) is 7.88. The second-order valence-corrected chi connectivity index (χ2v) is 8.90. The van der Waals surface area contributed by atoms with Crippen molar-refractivity contribution < 1.29 is 9.59 Å². The molecule has 1 saturated heterocycles. The van der Waals surface area contributed by atoms with Gasteiger partial charge < -0.3 is 4.90 Å². The average molecular weight is 390 g/mol. The number of nitrogens with one attached hydrogen (secondary N) is 1. The quantitative estimate of drug-likeness (QED) is 0.853. The van der Waals surface area contributed by atoms with Gasteiger partial charge in [0.2, 0.25) is 5.91 Å². The molecule has 2 atom stereocenters. The number of hydrogen-bond donors (Lipinski definition) is 1. The highest BCUT2D eigenvalue weighted by atomic mass is 32.1. The number of thiophene rings is 1. The lowest BCUT2D eigenvalue weighted by Crippen LogP contribution is -2.50. The highest BCUT2D eigenvalue weighted by molar-refractivity contribution is 7.14. The number of amides is 2. The van der Waals surface area contributed by atoms with E-state index in [1.54, 1.807) is 6.07 Å². The average Bonchev–Trinajstić information content (AvgIpc) is 3.33. The number of anilines is 1. The van der Waals surface area contributed by atoms with E-state index in [-0.39, 0.29) is 11.8 Å². The number of piperidine rings is 1. The van der Waals surface area contributed by atoms with Crippen LogP contribution in [0.4, 0.5) is 5.13 Å². The highest BCUT2D eigenvalue weighted by Crippen LogP contribution is 2.35. The van der Waals surface area contributed by atoms with E-state index in [4.69, 9.17) is 0 Å². The lowest BCUT2D eigenvalue weighted by Gasteiger charge is -2.44. The molecule has 1 N–H and O–H groups in total. The minimum Gasteiger partial charge on any atom is -0.339 e. The zero-order valence-corrected chi connectivity index (χ0v) is 16.3. The zero-order chi connectivity index (χ0) is 17.9. The summed E-state index contributed by atoms with van der Waals surface area (Å²) in [5, 5.41) is 7.12. The monoisotopic (exact) mass is 389 g/mol. The molecule has 0 aromatic carbocycles. The van der Waals surface area contributed by atoms with Crippen molar-refractivity contribution in [1.29, 1.82) is 0 Å². The fourth-order valence-electron chi connectivity index (χ4n) is 4.20. The maximum absolute atomic E-state index is 12.8. The van der Waals surface area contributed by atoms with E-state index < -0.39 is 0 Å². The fraction of sp³-hybridized carbons (Fsp3) is 0.526. The first-order chi connectivity index (χ1) is 12.7. The molecule has 1 saturated carbocycles. The van der Waals surface area contributed by atoms with Crippen molar-refractivity contribution >= 4 is 39.6 Å². The topological polar surface area (TPSA) is 62.3 Å². The Morgan fingerprint density at radius 3 is 2.88 bits per heavy atom. The molecule has 2 unspecified atom stereocenters. The number of carbonyl (C=O) groups excluding carboxylic acids is 2. The third-order valence-corrected chi connectivity index (χ3v) is 7.09. The van der Waals surface area contributed by atoms with Gasteiger partial charge in [0, 0.05) is 18.0 Å². The largest absolute Gasteiger partial charge is 0.339 e. The molecule has 2 fully saturated rings. The lowest BCUT2D eigenvalue weighted by atomic mass is 9.78. The van der Waals surface area contributed by atoms with E-state index in [0.717, 1.165) is 25.1 Å². The normalized spacial score (nSPS) is 22.7. The van der Waals surface area contributed by atoms with E-state index in [0.29, 0.717) is 28.4 Å². The predicted molar refractivity (Wildman–Crippen MR) is 105 cm³/mol. The zero-order valence-electron chi connectivity index (χ0n) is 14.6. The molecule has 26 heavy (non-hydrogen) atoms. The summed E-state index contributed by atoms with van der Waals surface area (Å²) in [5.74, 6) is 0.730. The van der Waals surface area contributed by atoms with Crippen molar-refractivity contribution in [3.8, 4) is 0 Å². The maximum atomic E-state index is 12.8. The molecule has 0 bridgehead atoms. The Hall–Kier alpha value is -1.73. The third-order valence-electron chi connectivity index (χ3n) is 5.41. The molecule has 0 radical (unpaired) electrons. The van der Waals surface area contributed by atoms with Crippen LogP contribution in [-0.4, -0.2) is 34.3 Å². The predicted octanol–water partition coefficient (Wildman–Crippen LogP) is 4.18. The smallest absolute Gasteiger partial charge is 0.267 e. The Morgan fingerprint density at radius 2 is 2.04 bits per heavy atom. The van der Waals surface area contributed by atoms with Crippen LogP contribution in [0.25, 0.3) is 0 Å². The van der Waals surface area contributed by atoms with Gasteiger partial charge in [-0.3, -0.25) is 14.9 Å². The number of likely N-dealkylation sites (tertiary alicyclic amines) is 1. The molecule has 2 amide bonds. The van der Waals surface area contributed by atoms with Crippen LogP contribution in [0.5, 0.6) is 0 Å². The van der Waals surface area contributed by atoms with E-state index in [1.807, 2.05) is 16.8 Å². The minimum atomic E-state index is -0.145. The van der Waals surface area contributed by atoms with E-state index in [9.17, 15) is 9.59 Å². The summed E-state index contributed by atoms with van der Waals surface area (Å²) < 4.78 is 0. The summed E-state index contributed by atoms with van der Waals surface area (Å²) in [6.45, 7) is 0.881. The number of aromatic nitrogens is 1. The van der Waals surface area contributed by atoms with Crippen LogP contribution in [-0.2, 0) is 11.2 Å². The van der Waals surface area contributed by atoms with Gasteiger partial charge in [-0.2, -0.15) is 0 Å². The Morgan fingerprint density at radius 1 is 1.19 bits per heavy atom. The molecular weight excluding hydrogens is 366 g/mol. The maximum Gasteiger partial charge on any atom is 0.267 e. The molecule has 138 valence electrons. The summed E-state index contributed by atoms with van der Waals surface area (Å²) in [6, 6.07) is 4.07. The van der Waals surface area contributed by atoms with Crippen molar-refractivity contribution in [1.82, 2.24) is 9.88 Å². The summed E-state index contributed by atoms with van der Waals surface area (Å²) in [4.78, 5) is 32.2. The lowest BCUT2D eigenvalue weighted by molar-refractivity contribution is -0.136. The van der Waals surface area contributed by atoms with Crippen LogP contribution < -0.4 is 5.32 Å². The second-order valence-electron chi connectivity index (χ2n) is 7.09. The van der Waals surface area contributed by atoms with Gasteiger partial charge in [0.05, 0.1) is 17.0 Å². The molecule has 2 aliphatic rings. The Bertz CT molecular complexity index is 770. The highest BCUT2D eigenvalue weighted by Gasteiger charge is 2.35. The van der Waals surface area contributed by atoms with Crippen LogP contribution in [0, 0.1) is 5.92 Å². The first kappa shape index (κ1) is 17.7. The van der Waals surface area contributed by atoms with Gasteiger partial charge in [-0.25, -0.2) is 4.98 Å². The first-order valence-corrected chi connectivity index (χ1v) is 11.1. The summed E-state index contributed by atoms with van der Waals surface area (Å²) in [5.41, 5.74) is 0.749. The minimum absolute atomic E-state index is 0.145. The van der Waals surface area contributed by atoms with Crippen LogP contribution in [0.15, 0.2) is 22.9 Å². The molecule has 0 spiro atoms. The van der Waals surface area contributed by atoms with E-state index in [1.165, 1.54) is 48.4 Å². The number of carbonyl (C=O) groups is 2. The van der Waals surface area contributed by atoms with E-state index in [2.05, 4.69) is 15.2 Å². The van der Waals surface area contributed by atoms with Crippen LogP contribution in [0.3, 0.4) is 0 Å². The summed E-state index contributed by atoms with van der Waals surface area (Å²) >= 11 is 2.78. The molecule has 1 aliphatic carbocycles. The molecular formula is C19H23N3O2S2. The number of rotatable bonds is 4. The van der Waals surface area contributed by atoms with Crippen LogP contribution in [0.1, 0.15) is 53.9 Å². The molecule has 1 aliphatic heterocycles. The molecule has 2 aromatic heterocycles. The van der Waals surface area contributed by atoms with Crippen molar-refractivity contribution in [3.05, 3.63) is 33.5 Å². The molecule has 5 nitrogen and oxygen atoms in total. The van der Waals surface area contributed by atoms with Gasteiger partial charge in [-0.1, -0.05) is 18.9 Å². The summed E-state index contributed by atoms with van der Waals surface area (Å²) in [6.07, 6.45) is 7.67. The van der Waals surface area contributed by atoms with Gasteiger partial charge in [0.1, 0.15) is 0 Å². The standard InChI is InChI=1S/C19H23N3O2S2/c23-17(22-9-3-6-13-5-1-2-7-15(13)22)11-14-12-26-19(20-14)21-18(24)16-8-4-10-25-16/h4,8,10,12-13,15H,1-3,5-7,9,11H2,(H,20,21,24). The van der Waals surface area contributed by atoms with Crippen molar-refractivity contribution in [2.45, 2.75) is 51.0 Å². The van der Waals surface area contributed by atoms with Gasteiger partial charge in [-0.15, -0.1) is 22.7 Å². The van der Waals surface area contributed by atoms with Crippen molar-refractivity contribution in [2.75, 3.05) is 11.9 Å². The van der Waals surface area contributed by atoms with Crippen LogP contribution >= 0.6 is 22.7 Å². The van der Waals surface area contributed by atoms with Gasteiger partial charge in [0.15, 0.2) is 5.13 Å². The molecule has 3 heterocycles. The number of thiazole rings is 1. The van der Waals surface area contributed by atoms with Crippen molar-refractivity contribution in [2.24, 2.45) is 5.92 Å². The van der Waals surface area contributed by atoms with Gasteiger partial charge in [-0.05, 0) is 43.0 Å². The third kappa shape index (κ3) is 3.83. The van der Waals surface area contributed by atoms with Gasteiger partial charge >= 0.3 is 0 Å². The SMILES string of the molecule is O=C(Nc1nc(CC(=O)N2CCCC3CCCCC32)cs1)c1cccs1. The fourth-order valence-corrected chi connectivity index (χ4v) is 5.53. The van der Waals surface area contributed by atoms with E-state index >= 15 is 0 Å². The Labute approximate surface area is 161 Å². The number of fused-ring (bicyclic) bond motifs is 1. The Balaban J connectivity index is 1.37. The van der Waals surface area contributed by atoms with Crippen LogP contribution in [0.2, 0.25) is 0 Å². The molecule has 2 aromatic rings. The van der Waals surface area contributed by atoms with Crippen molar-refractivity contribution in [3.63, 3.8) is 0 Å². The number of nitrogens with zero attached hydrogens (tertiary/aromatic N) is 2. The summed E-state index contributed by atoms with van der Waals surface area (Å²) in [7, 11) is 0. The number of hydrogen-bond acceptors (Lipinski definition) is 5. The molecule has 7 heteroatoms.